The summed E-state index contributed by atoms with van der Waals surface area (Å²) in [5, 5.41) is 22.4. The quantitative estimate of drug-likeness (QED) is 0.624. The Morgan fingerprint density at radius 2 is 2.28 bits per heavy atom. The first-order valence-electron chi connectivity index (χ1n) is 5.44. The van der Waals surface area contributed by atoms with Gasteiger partial charge in [-0.05, 0) is 28.3 Å². The Morgan fingerprint density at radius 3 is 2.83 bits per heavy atom. The van der Waals surface area contributed by atoms with Crippen molar-refractivity contribution in [2.45, 2.75) is 13.3 Å². The van der Waals surface area contributed by atoms with E-state index in [1.165, 1.54) is 0 Å². The molecular weight excluding hydrogens is 307 g/mol. The number of nitro groups is 1. The zero-order chi connectivity index (χ0) is 13.7. The molecule has 2 N–H and O–H groups in total. The van der Waals surface area contributed by atoms with Crippen LogP contribution in [-0.2, 0) is 0 Å². The summed E-state index contributed by atoms with van der Waals surface area (Å²) in [4.78, 5) is 10.3. The van der Waals surface area contributed by atoms with E-state index in [0.29, 0.717) is 13.0 Å². The normalized spacial score (nSPS) is 12.2. The summed E-state index contributed by atoms with van der Waals surface area (Å²) in [6.45, 7) is 2.38. The lowest BCUT2D eigenvalue weighted by molar-refractivity contribution is -0.384. The van der Waals surface area contributed by atoms with Gasteiger partial charge in [-0.2, -0.15) is 0 Å². The fourth-order valence-electron chi connectivity index (χ4n) is 1.44. The molecule has 18 heavy (non-hydrogen) atoms. The molecule has 5 nitrogen and oxygen atoms in total. The van der Waals surface area contributed by atoms with Gasteiger partial charge in [0.05, 0.1) is 9.40 Å². The molecule has 0 fully saturated rings. The molecule has 0 aliphatic rings. The Kier molecular flexibility index (Phi) is 5.49. The van der Waals surface area contributed by atoms with E-state index in [1.54, 1.807) is 0 Å². The van der Waals surface area contributed by atoms with Crippen LogP contribution in [0.4, 0.5) is 15.8 Å². The van der Waals surface area contributed by atoms with E-state index in [2.05, 4.69) is 21.2 Å². The lowest BCUT2D eigenvalue weighted by Crippen LogP contribution is -2.13. The summed E-state index contributed by atoms with van der Waals surface area (Å²) in [6, 6.07) is 2.22. The summed E-state index contributed by atoms with van der Waals surface area (Å²) < 4.78 is 13.4. The average Bonchev–Trinajstić information content (AvgIpc) is 2.30. The van der Waals surface area contributed by atoms with Crippen LogP contribution in [0.5, 0.6) is 0 Å². The van der Waals surface area contributed by atoms with Crippen LogP contribution in [0.15, 0.2) is 16.6 Å². The third kappa shape index (κ3) is 3.92. The third-order valence-electron chi connectivity index (χ3n) is 2.50. The maximum Gasteiger partial charge on any atom is 0.293 e. The van der Waals surface area contributed by atoms with Gasteiger partial charge >= 0.3 is 0 Å². The van der Waals surface area contributed by atoms with E-state index in [4.69, 9.17) is 5.11 Å². The lowest BCUT2D eigenvalue weighted by atomic mass is 10.1. The predicted octanol–water partition coefficient (Wildman–Crippen LogP) is 2.93. The van der Waals surface area contributed by atoms with E-state index < -0.39 is 10.7 Å². The molecule has 0 aliphatic heterocycles. The standard InChI is InChI=1S/C11H14BrFN2O3/c1-7(2-3-16)6-14-10-5-9(13)8(12)4-11(10)15(17)18/h4-5,7,14,16H,2-3,6H2,1H3. The smallest absolute Gasteiger partial charge is 0.293 e. The number of nitrogens with zero attached hydrogens (tertiary/aromatic N) is 1. The Labute approximate surface area is 112 Å². The lowest BCUT2D eigenvalue weighted by Gasteiger charge is -2.12. The van der Waals surface area contributed by atoms with Gasteiger partial charge in [0, 0.05) is 25.3 Å². The van der Waals surface area contributed by atoms with E-state index >= 15 is 0 Å². The average molecular weight is 321 g/mol. The summed E-state index contributed by atoms with van der Waals surface area (Å²) in [7, 11) is 0. The van der Waals surface area contributed by atoms with Crippen LogP contribution in [-0.4, -0.2) is 23.2 Å². The molecule has 100 valence electrons. The molecule has 1 rings (SSSR count). The van der Waals surface area contributed by atoms with Gasteiger partial charge in [-0.25, -0.2) is 4.39 Å². The zero-order valence-electron chi connectivity index (χ0n) is 9.82. The zero-order valence-corrected chi connectivity index (χ0v) is 11.4. The van der Waals surface area contributed by atoms with Gasteiger partial charge in [-0.3, -0.25) is 10.1 Å². The number of benzene rings is 1. The number of hydrogen-bond acceptors (Lipinski definition) is 4. The van der Waals surface area contributed by atoms with E-state index in [9.17, 15) is 14.5 Å². The van der Waals surface area contributed by atoms with Crippen LogP contribution in [0.3, 0.4) is 0 Å². The molecule has 1 atom stereocenters. The Morgan fingerprint density at radius 1 is 1.61 bits per heavy atom. The first kappa shape index (κ1) is 14.8. The second kappa shape index (κ2) is 6.65. The molecule has 0 bridgehead atoms. The second-order valence-corrected chi connectivity index (χ2v) is 4.89. The molecule has 0 aliphatic carbocycles. The molecule has 0 saturated carbocycles. The molecule has 1 aromatic carbocycles. The molecule has 0 amide bonds. The van der Waals surface area contributed by atoms with E-state index in [0.717, 1.165) is 12.1 Å². The monoisotopic (exact) mass is 320 g/mol. The number of aliphatic hydroxyl groups is 1. The fraction of sp³-hybridized carbons (Fsp3) is 0.455. The van der Waals surface area contributed by atoms with Crippen molar-refractivity contribution in [3.05, 3.63) is 32.5 Å². The molecule has 0 saturated heterocycles. The molecule has 0 aromatic heterocycles. The van der Waals surface area contributed by atoms with Gasteiger partial charge < -0.3 is 10.4 Å². The summed E-state index contributed by atoms with van der Waals surface area (Å²) in [6.07, 6.45) is 0.583. The van der Waals surface area contributed by atoms with Gasteiger partial charge in [0.2, 0.25) is 0 Å². The number of nitrogens with one attached hydrogen (secondary N) is 1. The van der Waals surface area contributed by atoms with Crippen molar-refractivity contribution in [3.63, 3.8) is 0 Å². The van der Waals surface area contributed by atoms with Crippen LogP contribution >= 0.6 is 15.9 Å². The van der Waals surface area contributed by atoms with Crippen LogP contribution in [0.25, 0.3) is 0 Å². The largest absolute Gasteiger partial charge is 0.396 e. The number of aliphatic hydroxyl groups excluding tert-OH is 1. The molecule has 7 heteroatoms. The van der Waals surface area contributed by atoms with Gasteiger partial charge in [-0.1, -0.05) is 6.92 Å². The maximum atomic E-state index is 13.3. The fourth-order valence-corrected chi connectivity index (χ4v) is 1.77. The number of anilines is 1. The van der Waals surface area contributed by atoms with Crippen LogP contribution in [0.1, 0.15) is 13.3 Å². The maximum absolute atomic E-state index is 13.3. The van der Waals surface area contributed by atoms with Crippen molar-refractivity contribution in [2.24, 2.45) is 5.92 Å². The van der Waals surface area contributed by atoms with Gasteiger partial charge in [-0.15, -0.1) is 0 Å². The summed E-state index contributed by atoms with van der Waals surface area (Å²) in [5.41, 5.74) is -0.0371. The van der Waals surface area contributed by atoms with Gasteiger partial charge in [0.15, 0.2) is 0 Å². The van der Waals surface area contributed by atoms with Crippen molar-refractivity contribution >= 4 is 27.3 Å². The van der Waals surface area contributed by atoms with Crippen molar-refractivity contribution in [1.82, 2.24) is 0 Å². The SMILES string of the molecule is CC(CCO)CNc1cc(F)c(Br)cc1[N+](=O)[O-]. The van der Waals surface area contributed by atoms with Gasteiger partial charge in [0.25, 0.3) is 5.69 Å². The number of rotatable bonds is 6. The highest BCUT2D eigenvalue weighted by Gasteiger charge is 2.17. The number of nitro benzene ring substituents is 1. The predicted molar refractivity (Wildman–Crippen MR) is 70.1 cm³/mol. The van der Waals surface area contributed by atoms with E-state index in [-0.39, 0.29) is 28.4 Å². The molecule has 0 heterocycles. The topological polar surface area (TPSA) is 75.4 Å². The Hall–Kier alpha value is -1.21. The van der Waals surface area contributed by atoms with Crippen molar-refractivity contribution < 1.29 is 14.4 Å². The Bertz CT molecular complexity index is 443. The molecular formula is C11H14BrFN2O3. The van der Waals surface area contributed by atoms with Crippen LogP contribution < -0.4 is 5.32 Å². The molecule has 0 radical (unpaired) electrons. The van der Waals surface area contributed by atoms with Crippen LogP contribution in [0, 0.1) is 21.8 Å². The minimum atomic E-state index is -0.566. The first-order valence-corrected chi connectivity index (χ1v) is 6.23. The Balaban J connectivity index is 2.86. The van der Waals surface area contributed by atoms with Crippen LogP contribution in [0.2, 0.25) is 0 Å². The molecule has 0 spiro atoms. The highest BCUT2D eigenvalue weighted by Crippen LogP contribution is 2.30. The highest BCUT2D eigenvalue weighted by molar-refractivity contribution is 9.10. The summed E-state index contributed by atoms with van der Waals surface area (Å²) in [5.74, 6) is -0.417. The van der Waals surface area contributed by atoms with Crippen molar-refractivity contribution in [1.29, 1.82) is 0 Å². The second-order valence-electron chi connectivity index (χ2n) is 4.04. The van der Waals surface area contributed by atoms with Gasteiger partial charge in [0.1, 0.15) is 11.5 Å². The van der Waals surface area contributed by atoms with Crippen molar-refractivity contribution in [3.8, 4) is 0 Å². The first-order chi connectivity index (χ1) is 8.45. The molecule has 1 unspecified atom stereocenters. The number of halogens is 2. The minimum absolute atomic E-state index is 0.0552. The summed E-state index contributed by atoms with van der Waals surface area (Å²) >= 11 is 2.91. The third-order valence-corrected chi connectivity index (χ3v) is 3.11. The minimum Gasteiger partial charge on any atom is -0.396 e. The highest BCUT2D eigenvalue weighted by atomic mass is 79.9. The van der Waals surface area contributed by atoms with Crippen molar-refractivity contribution in [2.75, 3.05) is 18.5 Å². The van der Waals surface area contributed by atoms with E-state index in [1.807, 2.05) is 6.92 Å². The molecule has 1 aromatic rings. The number of hydrogen-bond donors (Lipinski definition) is 2.